The summed E-state index contributed by atoms with van der Waals surface area (Å²) in [6.07, 6.45) is 0. The van der Waals surface area contributed by atoms with Gasteiger partial charge in [-0.1, -0.05) is 43.6 Å². The highest BCUT2D eigenvalue weighted by Crippen LogP contribution is 2.28. The quantitative estimate of drug-likeness (QED) is 0.757. The topological polar surface area (TPSA) is 20.7 Å². The summed E-state index contributed by atoms with van der Waals surface area (Å²) in [7, 11) is 0. The van der Waals surface area contributed by atoms with Crippen molar-refractivity contribution in [3.05, 3.63) is 27.4 Å². The molecule has 1 aromatic carbocycles. The maximum absolute atomic E-state index is 5.43. The maximum atomic E-state index is 5.43. The average Bonchev–Trinajstić information content (AvgIpc) is 2.54. The molecular weight excluding hydrogens is 308 g/mol. The fourth-order valence-corrected chi connectivity index (χ4v) is 2.49. The van der Waals surface area contributed by atoms with Crippen molar-refractivity contribution in [1.82, 2.24) is 9.55 Å². The van der Waals surface area contributed by atoms with Gasteiger partial charge in [-0.25, -0.2) is 0 Å². The van der Waals surface area contributed by atoms with Crippen molar-refractivity contribution in [3.8, 4) is 0 Å². The molecule has 1 heterocycles. The molecule has 0 spiro atoms. The second-order valence-corrected chi connectivity index (χ2v) is 7.27. The Morgan fingerprint density at radius 2 is 2.06 bits per heavy atom. The number of H-pyrrole nitrogens is 1. The molecule has 0 radical (unpaired) electrons. The molecule has 0 bridgehead atoms. The largest absolute Gasteiger partial charge is 0.331 e. The molecule has 0 aliphatic rings. The monoisotopic (exact) mass is 326 g/mol. The number of fused-ring (bicyclic) bond motifs is 1. The molecule has 1 atom stereocenters. The molecule has 0 fully saturated rings. The van der Waals surface area contributed by atoms with E-state index in [4.69, 9.17) is 12.2 Å². The van der Waals surface area contributed by atoms with Gasteiger partial charge >= 0.3 is 0 Å². The molecule has 98 valence electrons. The third-order valence-corrected chi connectivity index (χ3v) is 4.49. The van der Waals surface area contributed by atoms with Crippen LogP contribution in [0.15, 0.2) is 22.7 Å². The van der Waals surface area contributed by atoms with Crippen molar-refractivity contribution in [2.45, 2.75) is 34.2 Å². The molecule has 1 unspecified atom stereocenters. The lowest BCUT2D eigenvalue weighted by Gasteiger charge is -2.27. The zero-order valence-corrected chi connectivity index (χ0v) is 13.7. The number of hydrogen-bond donors (Lipinski definition) is 1. The van der Waals surface area contributed by atoms with Crippen LogP contribution in [-0.4, -0.2) is 9.55 Å². The second-order valence-electron chi connectivity index (χ2n) is 5.97. The molecule has 0 aliphatic carbocycles. The molecule has 1 aromatic heterocycles. The molecule has 2 nitrogen and oxygen atoms in total. The first kappa shape index (κ1) is 13.8. The van der Waals surface area contributed by atoms with E-state index in [0.717, 1.165) is 21.3 Å². The van der Waals surface area contributed by atoms with Gasteiger partial charge in [-0.3, -0.25) is 0 Å². The van der Waals surface area contributed by atoms with Crippen LogP contribution < -0.4 is 0 Å². The number of imidazole rings is 1. The first-order chi connectivity index (χ1) is 8.29. The lowest BCUT2D eigenvalue weighted by atomic mass is 9.82. The molecule has 2 aromatic rings. The van der Waals surface area contributed by atoms with Crippen LogP contribution >= 0.6 is 28.1 Å². The van der Waals surface area contributed by atoms with E-state index in [2.05, 4.69) is 65.3 Å². The van der Waals surface area contributed by atoms with E-state index in [0.29, 0.717) is 5.92 Å². The third-order valence-electron chi connectivity index (χ3n) is 3.67. The number of aromatic amines is 1. The lowest BCUT2D eigenvalue weighted by molar-refractivity contribution is 0.234. The average molecular weight is 327 g/mol. The minimum Gasteiger partial charge on any atom is -0.331 e. The van der Waals surface area contributed by atoms with Gasteiger partial charge in [0.2, 0.25) is 0 Å². The fourth-order valence-electron chi connectivity index (χ4n) is 1.85. The van der Waals surface area contributed by atoms with Gasteiger partial charge < -0.3 is 9.55 Å². The predicted octanol–water partition coefficient (Wildman–Crippen LogP) is 5.14. The Balaban J connectivity index is 2.47. The van der Waals surface area contributed by atoms with Gasteiger partial charge in [0.1, 0.15) is 0 Å². The summed E-state index contributed by atoms with van der Waals surface area (Å²) in [6.45, 7) is 10.0. The van der Waals surface area contributed by atoms with Crippen molar-refractivity contribution >= 4 is 39.2 Å². The van der Waals surface area contributed by atoms with Crippen molar-refractivity contribution in [3.63, 3.8) is 0 Å². The van der Waals surface area contributed by atoms with Gasteiger partial charge in [-0.05, 0) is 41.7 Å². The van der Waals surface area contributed by atoms with Crippen LogP contribution in [-0.2, 0) is 6.54 Å². The predicted molar refractivity (Wildman–Crippen MR) is 83.4 cm³/mol. The first-order valence-corrected chi connectivity index (χ1v) is 7.37. The summed E-state index contributed by atoms with van der Waals surface area (Å²) in [4.78, 5) is 3.27. The molecule has 0 amide bonds. The number of hydrogen-bond acceptors (Lipinski definition) is 1. The Morgan fingerprint density at radius 1 is 1.39 bits per heavy atom. The van der Waals surface area contributed by atoms with E-state index in [9.17, 15) is 0 Å². The Morgan fingerprint density at radius 3 is 2.67 bits per heavy atom. The van der Waals surface area contributed by atoms with Gasteiger partial charge in [0.25, 0.3) is 0 Å². The molecule has 18 heavy (non-hydrogen) atoms. The minimum absolute atomic E-state index is 0.282. The second kappa shape index (κ2) is 4.82. The van der Waals surface area contributed by atoms with Crippen LogP contribution in [0.25, 0.3) is 11.0 Å². The molecule has 4 heteroatoms. The van der Waals surface area contributed by atoms with Crippen LogP contribution in [0.2, 0.25) is 0 Å². The number of nitrogens with zero attached hydrogens (tertiary/aromatic N) is 1. The van der Waals surface area contributed by atoms with Crippen molar-refractivity contribution in [1.29, 1.82) is 0 Å². The zero-order chi connectivity index (χ0) is 13.5. The first-order valence-electron chi connectivity index (χ1n) is 6.17. The Hall–Kier alpha value is -0.610. The van der Waals surface area contributed by atoms with Crippen LogP contribution in [0.3, 0.4) is 0 Å². The number of halogens is 1. The summed E-state index contributed by atoms with van der Waals surface area (Å²) < 4.78 is 4.09. The number of benzene rings is 1. The molecule has 2 rings (SSSR count). The van der Waals surface area contributed by atoms with Gasteiger partial charge in [0.15, 0.2) is 4.77 Å². The van der Waals surface area contributed by atoms with Crippen LogP contribution in [0, 0.1) is 16.1 Å². The molecule has 0 aliphatic heterocycles. The van der Waals surface area contributed by atoms with Crippen LogP contribution in [0.4, 0.5) is 0 Å². The summed E-state index contributed by atoms with van der Waals surface area (Å²) in [6, 6.07) is 6.22. The van der Waals surface area contributed by atoms with Crippen LogP contribution in [0.5, 0.6) is 0 Å². The van der Waals surface area contributed by atoms with E-state index >= 15 is 0 Å². The van der Waals surface area contributed by atoms with E-state index in [1.54, 1.807) is 0 Å². The van der Waals surface area contributed by atoms with Crippen molar-refractivity contribution in [2.24, 2.45) is 11.3 Å². The standard InChI is InChI=1S/C14H19BrN2S/c1-9(14(2,3)4)8-17-12-7-10(15)5-6-11(12)16-13(17)18/h5-7,9H,8H2,1-4H3,(H,16,18). The molecule has 0 saturated carbocycles. The number of rotatable bonds is 2. The minimum atomic E-state index is 0.282. The highest BCUT2D eigenvalue weighted by atomic mass is 79.9. The summed E-state index contributed by atoms with van der Waals surface area (Å²) in [5.74, 6) is 0.558. The maximum Gasteiger partial charge on any atom is 0.178 e. The van der Waals surface area contributed by atoms with Gasteiger partial charge in [-0.15, -0.1) is 0 Å². The molecule has 0 saturated heterocycles. The Labute approximate surface area is 122 Å². The normalized spacial score (nSPS) is 14.1. The SMILES string of the molecule is CC(Cn1c(=S)[nH]c2ccc(Br)cc21)C(C)(C)C. The van der Waals surface area contributed by atoms with E-state index in [1.807, 2.05) is 6.07 Å². The van der Waals surface area contributed by atoms with Gasteiger partial charge in [0.05, 0.1) is 11.0 Å². The van der Waals surface area contributed by atoms with Crippen LogP contribution in [0.1, 0.15) is 27.7 Å². The summed E-state index contributed by atoms with van der Waals surface area (Å²) >= 11 is 8.95. The van der Waals surface area contributed by atoms with Gasteiger partial charge in [-0.2, -0.15) is 0 Å². The zero-order valence-electron chi connectivity index (χ0n) is 11.2. The van der Waals surface area contributed by atoms with Crippen molar-refractivity contribution < 1.29 is 0 Å². The summed E-state index contributed by atoms with van der Waals surface area (Å²) in [5, 5.41) is 0. The van der Waals surface area contributed by atoms with E-state index < -0.39 is 0 Å². The fraction of sp³-hybridized carbons (Fsp3) is 0.500. The third kappa shape index (κ3) is 2.69. The van der Waals surface area contributed by atoms with Crippen molar-refractivity contribution in [2.75, 3.05) is 0 Å². The molecule has 1 N–H and O–H groups in total. The highest BCUT2D eigenvalue weighted by Gasteiger charge is 2.21. The lowest BCUT2D eigenvalue weighted by Crippen LogP contribution is -2.22. The smallest absolute Gasteiger partial charge is 0.178 e. The van der Waals surface area contributed by atoms with Gasteiger partial charge in [0, 0.05) is 11.0 Å². The Bertz CT molecular complexity index is 619. The van der Waals surface area contributed by atoms with E-state index in [1.165, 1.54) is 5.52 Å². The number of nitrogens with one attached hydrogen (secondary N) is 1. The summed E-state index contributed by atoms with van der Waals surface area (Å²) in [5.41, 5.74) is 2.56. The highest BCUT2D eigenvalue weighted by molar-refractivity contribution is 9.10. The molecular formula is C14H19BrN2S. The Kier molecular flexibility index (Phi) is 3.70. The number of aromatic nitrogens is 2. The van der Waals surface area contributed by atoms with E-state index in [-0.39, 0.29) is 5.41 Å².